The molecule has 0 bridgehead atoms. The van der Waals surface area contributed by atoms with Crippen molar-refractivity contribution in [3.63, 3.8) is 0 Å². The van der Waals surface area contributed by atoms with E-state index in [4.69, 9.17) is 0 Å². The molecule has 1 N–H and O–H groups in total. The Balaban J connectivity index is 1.36. The van der Waals surface area contributed by atoms with Gasteiger partial charge in [0.1, 0.15) is 11.0 Å². The first kappa shape index (κ1) is 22.5. The third kappa shape index (κ3) is 5.04. The summed E-state index contributed by atoms with van der Waals surface area (Å²) >= 11 is 4.70. The highest BCUT2D eigenvalue weighted by molar-refractivity contribution is 8.00. The Hall–Kier alpha value is -1.72. The number of rotatable bonds is 8. The number of hydrogen-bond donors (Lipinski definition) is 1. The fourth-order valence-corrected chi connectivity index (χ4v) is 8.09. The van der Waals surface area contributed by atoms with Gasteiger partial charge in [-0.3, -0.25) is 4.79 Å². The van der Waals surface area contributed by atoms with Gasteiger partial charge in [0.25, 0.3) is 0 Å². The summed E-state index contributed by atoms with van der Waals surface area (Å²) in [5.74, 6) is 0.483. The van der Waals surface area contributed by atoms with Gasteiger partial charge in [-0.1, -0.05) is 25.1 Å². The predicted octanol–water partition coefficient (Wildman–Crippen LogP) is 3.86. The van der Waals surface area contributed by atoms with Crippen LogP contribution in [-0.2, 0) is 27.7 Å². The van der Waals surface area contributed by atoms with Gasteiger partial charge < -0.3 is 5.32 Å². The van der Waals surface area contributed by atoms with Crippen molar-refractivity contribution in [1.29, 1.82) is 0 Å². The van der Waals surface area contributed by atoms with Crippen molar-refractivity contribution in [2.45, 2.75) is 30.7 Å². The van der Waals surface area contributed by atoms with Crippen molar-refractivity contribution in [2.24, 2.45) is 0 Å². The number of aromatic nitrogens is 1. The molecule has 1 amide bonds. The minimum atomic E-state index is -3.71. The molecular weight excluding hydrogens is 471 g/mol. The number of thiophene rings is 1. The molecule has 0 aliphatic carbocycles. The number of thiazole rings is 1. The van der Waals surface area contributed by atoms with E-state index >= 15 is 0 Å². The number of hydrogen-bond acceptors (Lipinski definition) is 7. The highest BCUT2D eigenvalue weighted by Gasteiger charge is 2.39. The van der Waals surface area contributed by atoms with Crippen LogP contribution in [-0.4, -0.2) is 47.8 Å². The van der Waals surface area contributed by atoms with E-state index in [0.717, 1.165) is 27.6 Å². The summed E-state index contributed by atoms with van der Waals surface area (Å²) in [5.41, 5.74) is 2.00. The quantitative estimate of drug-likeness (QED) is 0.516. The van der Waals surface area contributed by atoms with Crippen LogP contribution >= 0.6 is 34.4 Å². The molecule has 0 unspecified atom stereocenters. The van der Waals surface area contributed by atoms with Crippen molar-refractivity contribution in [3.8, 4) is 9.88 Å². The van der Waals surface area contributed by atoms with Crippen LogP contribution in [0.1, 0.15) is 18.2 Å². The van der Waals surface area contributed by atoms with Crippen molar-refractivity contribution in [1.82, 2.24) is 14.6 Å². The number of sulfonamides is 1. The molecule has 0 saturated carbocycles. The van der Waals surface area contributed by atoms with E-state index in [-0.39, 0.29) is 16.7 Å². The molecule has 1 atom stereocenters. The van der Waals surface area contributed by atoms with Crippen LogP contribution < -0.4 is 5.32 Å². The van der Waals surface area contributed by atoms with Gasteiger partial charge >= 0.3 is 0 Å². The Morgan fingerprint density at radius 3 is 2.74 bits per heavy atom. The maximum atomic E-state index is 13.1. The average molecular weight is 494 g/mol. The van der Waals surface area contributed by atoms with E-state index in [1.54, 1.807) is 34.8 Å². The number of thioether (sulfide) groups is 1. The number of nitrogens with one attached hydrogen (secondary N) is 1. The first-order valence-electron chi connectivity index (χ1n) is 9.93. The summed E-state index contributed by atoms with van der Waals surface area (Å²) in [7, 11) is -3.71. The molecule has 2 aromatic heterocycles. The van der Waals surface area contributed by atoms with E-state index in [0.29, 0.717) is 18.7 Å². The molecule has 0 radical (unpaired) electrons. The SMILES string of the molecule is CCc1ccc(S(=O)(=O)N2CSC[C@@H]2C(=O)NCCc2csc(-c3cccs3)n2)cc1. The van der Waals surface area contributed by atoms with E-state index in [1.165, 1.54) is 16.1 Å². The van der Waals surface area contributed by atoms with Gasteiger partial charge in [-0.25, -0.2) is 13.4 Å². The Morgan fingerprint density at radius 1 is 1.23 bits per heavy atom. The standard InChI is InChI=1S/C21H23N3O3S4/c1-2-15-5-7-17(8-6-15)31(26,27)24-14-28-13-18(24)20(25)22-10-9-16-12-30-21(23-16)19-4-3-11-29-19/h3-8,11-12,18H,2,9-10,13-14H2,1H3,(H,22,25)/t18-/m1/s1. The number of benzene rings is 1. The lowest BCUT2D eigenvalue weighted by atomic mass is 10.2. The molecule has 1 fully saturated rings. The lowest BCUT2D eigenvalue weighted by Crippen LogP contribution is -2.47. The van der Waals surface area contributed by atoms with Gasteiger partial charge in [0, 0.05) is 24.1 Å². The zero-order valence-electron chi connectivity index (χ0n) is 17.0. The minimum Gasteiger partial charge on any atom is -0.354 e. The predicted molar refractivity (Wildman–Crippen MR) is 128 cm³/mol. The van der Waals surface area contributed by atoms with Gasteiger partial charge in [0.2, 0.25) is 15.9 Å². The number of aryl methyl sites for hydroxylation is 1. The molecule has 1 aliphatic heterocycles. The molecular formula is C21H23N3O3S4. The monoisotopic (exact) mass is 493 g/mol. The van der Waals surface area contributed by atoms with E-state index in [1.807, 2.05) is 41.9 Å². The summed E-state index contributed by atoms with van der Waals surface area (Å²) in [6.45, 7) is 2.45. The third-order valence-electron chi connectivity index (χ3n) is 5.05. The average Bonchev–Trinajstić information content (AvgIpc) is 3.55. The Kier molecular flexibility index (Phi) is 7.12. The van der Waals surface area contributed by atoms with Gasteiger partial charge in [-0.05, 0) is 35.6 Å². The molecule has 0 spiro atoms. The van der Waals surface area contributed by atoms with E-state index in [9.17, 15) is 13.2 Å². The molecule has 164 valence electrons. The number of amides is 1. The lowest BCUT2D eigenvalue weighted by Gasteiger charge is -2.22. The zero-order chi connectivity index (χ0) is 21.8. The maximum absolute atomic E-state index is 13.1. The van der Waals surface area contributed by atoms with Crippen LogP contribution in [0.4, 0.5) is 0 Å². The Morgan fingerprint density at radius 2 is 2.03 bits per heavy atom. The molecule has 3 aromatic rings. The molecule has 3 heterocycles. The highest BCUT2D eigenvalue weighted by Crippen LogP contribution is 2.29. The molecule has 1 saturated heterocycles. The molecule has 10 heteroatoms. The smallest absolute Gasteiger partial charge is 0.244 e. The van der Waals surface area contributed by atoms with Gasteiger partial charge in [-0.2, -0.15) is 4.31 Å². The largest absolute Gasteiger partial charge is 0.354 e. The second kappa shape index (κ2) is 9.83. The summed E-state index contributed by atoms with van der Waals surface area (Å²) in [5, 5.41) is 7.90. The van der Waals surface area contributed by atoms with Crippen molar-refractivity contribution in [2.75, 3.05) is 18.2 Å². The molecule has 6 nitrogen and oxygen atoms in total. The van der Waals surface area contributed by atoms with E-state index in [2.05, 4.69) is 10.3 Å². The van der Waals surface area contributed by atoms with Crippen LogP contribution in [0.5, 0.6) is 0 Å². The number of carbonyl (C=O) groups excluding carboxylic acids is 1. The van der Waals surface area contributed by atoms with Crippen LogP contribution in [0.25, 0.3) is 9.88 Å². The lowest BCUT2D eigenvalue weighted by molar-refractivity contribution is -0.123. The number of carbonyl (C=O) groups is 1. The molecule has 1 aliphatic rings. The fourth-order valence-electron chi connectivity index (χ4n) is 3.27. The van der Waals surface area contributed by atoms with Crippen LogP contribution in [0.15, 0.2) is 52.1 Å². The Bertz CT molecular complexity index is 1130. The summed E-state index contributed by atoms with van der Waals surface area (Å²) in [6, 6.07) is 10.2. The summed E-state index contributed by atoms with van der Waals surface area (Å²) < 4.78 is 27.5. The Labute approximate surface area is 194 Å². The molecule has 31 heavy (non-hydrogen) atoms. The van der Waals surface area contributed by atoms with Gasteiger partial charge in [0.15, 0.2) is 0 Å². The maximum Gasteiger partial charge on any atom is 0.244 e. The van der Waals surface area contributed by atoms with Crippen LogP contribution in [0, 0.1) is 0 Å². The second-order valence-electron chi connectivity index (χ2n) is 7.07. The molecule has 1 aromatic carbocycles. The van der Waals surface area contributed by atoms with Crippen molar-refractivity contribution < 1.29 is 13.2 Å². The van der Waals surface area contributed by atoms with E-state index < -0.39 is 16.1 Å². The van der Waals surface area contributed by atoms with Crippen molar-refractivity contribution >= 4 is 50.4 Å². The third-order valence-corrected chi connectivity index (χ3v) is 10.0. The topological polar surface area (TPSA) is 79.4 Å². The van der Waals surface area contributed by atoms with Gasteiger partial charge in [-0.15, -0.1) is 34.4 Å². The summed E-state index contributed by atoms with van der Waals surface area (Å²) in [6.07, 6.45) is 1.46. The van der Waals surface area contributed by atoms with Crippen LogP contribution in [0.3, 0.4) is 0 Å². The summed E-state index contributed by atoms with van der Waals surface area (Å²) in [4.78, 5) is 18.8. The first-order valence-corrected chi connectivity index (χ1v) is 14.3. The highest BCUT2D eigenvalue weighted by atomic mass is 32.2. The number of nitrogens with zero attached hydrogens (tertiary/aromatic N) is 2. The second-order valence-corrected chi connectivity index (χ2v) is 11.8. The van der Waals surface area contributed by atoms with Crippen molar-refractivity contribution in [3.05, 3.63) is 58.4 Å². The normalized spacial score (nSPS) is 17.1. The zero-order valence-corrected chi connectivity index (χ0v) is 20.2. The fraction of sp³-hybridized carbons (Fsp3) is 0.333. The minimum absolute atomic E-state index is 0.230. The van der Waals surface area contributed by atoms with Gasteiger partial charge in [0.05, 0.1) is 21.3 Å². The van der Waals surface area contributed by atoms with Crippen LogP contribution in [0.2, 0.25) is 0 Å². The first-order chi connectivity index (χ1) is 15.0. The molecule has 4 rings (SSSR count).